The van der Waals surface area contributed by atoms with Gasteiger partial charge in [0.15, 0.2) is 0 Å². The Balaban J connectivity index is 2.67. The minimum absolute atomic E-state index is 0.111. The molecule has 0 aromatic heterocycles. The molecule has 0 aromatic rings. The molecule has 0 amide bonds. The van der Waals surface area contributed by atoms with Crippen molar-refractivity contribution in [3.63, 3.8) is 0 Å². The summed E-state index contributed by atoms with van der Waals surface area (Å²) in [7, 11) is 0. The summed E-state index contributed by atoms with van der Waals surface area (Å²) in [5, 5.41) is 18.4. The van der Waals surface area contributed by atoms with E-state index in [2.05, 4.69) is 0 Å². The van der Waals surface area contributed by atoms with Crippen molar-refractivity contribution in [2.75, 3.05) is 6.61 Å². The number of hydrogen-bond donors (Lipinski definition) is 2. The summed E-state index contributed by atoms with van der Waals surface area (Å²) in [4.78, 5) is 11.0. The number of aliphatic hydroxyl groups is 2. The summed E-state index contributed by atoms with van der Waals surface area (Å²) in [6, 6.07) is 0. The molecule has 1 saturated carbocycles. The summed E-state index contributed by atoms with van der Waals surface area (Å²) < 4.78 is 0. The van der Waals surface area contributed by atoms with E-state index in [1.165, 1.54) is 0 Å². The maximum absolute atomic E-state index is 11.0. The molecule has 1 aliphatic rings. The van der Waals surface area contributed by atoms with Crippen LogP contribution in [0.1, 0.15) is 26.2 Å². The van der Waals surface area contributed by atoms with Crippen molar-refractivity contribution in [2.45, 2.75) is 32.3 Å². The molecular weight excluding hydrogens is 144 g/mol. The van der Waals surface area contributed by atoms with E-state index in [9.17, 15) is 9.90 Å². The molecule has 2 atom stereocenters. The normalized spacial score (nSPS) is 39.2. The molecule has 2 N–H and O–H groups in total. The first kappa shape index (κ1) is 8.68. The fourth-order valence-corrected chi connectivity index (χ4v) is 1.46. The lowest BCUT2D eigenvalue weighted by molar-refractivity contribution is -0.131. The van der Waals surface area contributed by atoms with E-state index in [1.807, 2.05) is 0 Å². The lowest BCUT2D eigenvalue weighted by Gasteiger charge is -2.35. The summed E-state index contributed by atoms with van der Waals surface area (Å²) in [6.45, 7) is 1.63. The highest BCUT2D eigenvalue weighted by molar-refractivity contribution is 5.80. The third-order valence-corrected chi connectivity index (χ3v) is 2.46. The fraction of sp³-hybridized carbons (Fsp3) is 0.875. The molecule has 0 spiro atoms. The molecule has 0 heterocycles. The van der Waals surface area contributed by atoms with Crippen LogP contribution in [0.3, 0.4) is 0 Å². The van der Waals surface area contributed by atoms with Crippen LogP contribution in [0.15, 0.2) is 0 Å². The van der Waals surface area contributed by atoms with Crippen molar-refractivity contribution < 1.29 is 15.0 Å². The third-order valence-electron chi connectivity index (χ3n) is 2.46. The second-order valence-corrected chi connectivity index (χ2v) is 3.58. The molecular formula is C8H14O3. The maximum atomic E-state index is 11.0. The topological polar surface area (TPSA) is 57.5 Å². The van der Waals surface area contributed by atoms with E-state index in [-0.39, 0.29) is 12.4 Å². The van der Waals surface area contributed by atoms with E-state index < -0.39 is 11.5 Å². The molecule has 1 unspecified atom stereocenters. The SMILES string of the molecule is C[C@@]1(CO)CC(=O)CCC1O. The van der Waals surface area contributed by atoms with Crippen LogP contribution in [0.4, 0.5) is 0 Å². The average molecular weight is 158 g/mol. The minimum atomic E-state index is -0.588. The minimum Gasteiger partial charge on any atom is -0.396 e. The van der Waals surface area contributed by atoms with Crippen LogP contribution in [0, 0.1) is 5.41 Å². The smallest absolute Gasteiger partial charge is 0.133 e. The first-order chi connectivity index (χ1) is 5.08. The van der Waals surface area contributed by atoms with Gasteiger partial charge in [-0.3, -0.25) is 4.79 Å². The van der Waals surface area contributed by atoms with Gasteiger partial charge in [-0.05, 0) is 6.42 Å². The number of rotatable bonds is 1. The number of aliphatic hydroxyl groups excluding tert-OH is 2. The fourth-order valence-electron chi connectivity index (χ4n) is 1.46. The van der Waals surface area contributed by atoms with Crippen molar-refractivity contribution in [3.05, 3.63) is 0 Å². The molecule has 0 bridgehead atoms. The quantitative estimate of drug-likeness (QED) is 0.569. The Morgan fingerprint density at radius 2 is 2.36 bits per heavy atom. The monoisotopic (exact) mass is 158 g/mol. The van der Waals surface area contributed by atoms with Gasteiger partial charge in [-0.25, -0.2) is 0 Å². The zero-order chi connectivity index (χ0) is 8.48. The molecule has 0 aromatic carbocycles. The van der Waals surface area contributed by atoms with Crippen molar-refractivity contribution in [3.8, 4) is 0 Å². The molecule has 0 aliphatic heterocycles. The van der Waals surface area contributed by atoms with E-state index in [4.69, 9.17) is 5.11 Å². The Morgan fingerprint density at radius 1 is 1.73 bits per heavy atom. The molecule has 11 heavy (non-hydrogen) atoms. The molecule has 0 radical (unpaired) electrons. The molecule has 3 heteroatoms. The molecule has 64 valence electrons. The van der Waals surface area contributed by atoms with Crippen LogP contribution in [0.5, 0.6) is 0 Å². The number of carbonyl (C=O) groups is 1. The van der Waals surface area contributed by atoms with Crippen molar-refractivity contribution in [2.24, 2.45) is 5.41 Å². The Hall–Kier alpha value is -0.410. The van der Waals surface area contributed by atoms with Crippen LogP contribution in [0.25, 0.3) is 0 Å². The van der Waals surface area contributed by atoms with Gasteiger partial charge in [0.1, 0.15) is 5.78 Å². The summed E-state index contributed by atoms with van der Waals surface area (Å²) in [5.74, 6) is 0.145. The van der Waals surface area contributed by atoms with Crippen molar-refractivity contribution in [1.82, 2.24) is 0 Å². The zero-order valence-corrected chi connectivity index (χ0v) is 6.71. The Labute approximate surface area is 66.0 Å². The predicted octanol–water partition coefficient (Wildman–Crippen LogP) is 0.0989. The highest BCUT2D eigenvalue weighted by atomic mass is 16.3. The van der Waals surface area contributed by atoms with Crippen LogP contribution in [0.2, 0.25) is 0 Å². The number of ketones is 1. The highest BCUT2D eigenvalue weighted by Gasteiger charge is 2.38. The van der Waals surface area contributed by atoms with Gasteiger partial charge < -0.3 is 10.2 Å². The Kier molecular flexibility index (Phi) is 2.30. The summed E-state index contributed by atoms with van der Waals surface area (Å²) >= 11 is 0. The van der Waals surface area contributed by atoms with Gasteiger partial charge in [0.05, 0.1) is 12.7 Å². The largest absolute Gasteiger partial charge is 0.396 e. The number of hydrogen-bond acceptors (Lipinski definition) is 3. The first-order valence-corrected chi connectivity index (χ1v) is 3.89. The molecule has 0 saturated heterocycles. The van der Waals surface area contributed by atoms with Crippen LogP contribution in [-0.4, -0.2) is 28.7 Å². The van der Waals surface area contributed by atoms with E-state index >= 15 is 0 Å². The van der Waals surface area contributed by atoms with Crippen LogP contribution in [-0.2, 0) is 4.79 Å². The van der Waals surface area contributed by atoms with Gasteiger partial charge in [0.25, 0.3) is 0 Å². The first-order valence-electron chi connectivity index (χ1n) is 3.89. The molecule has 3 nitrogen and oxygen atoms in total. The lowest BCUT2D eigenvalue weighted by Crippen LogP contribution is -2.41. The van der Waals surface area contributed by atoms with E-state index in [1.54, 1.807) is 6.92 Å². The highest BCUT2D eigenvalue weighted by Crippen LogP contribution is 2.33. The summed E-state index contributed by atoms with van der Waals surface area (Å²) in [5.41, 5.74) is -0.588. The van der Waals surface area contributed by atoms with E-state index in [0.29, 0.717) is 19.3 Å². The van der Waals surface area contributed by atoms with Gasteiger partial charge in [-0.1, -0.05) is 6.92 Å². The summed E-state index contributed by atoms with van der Waals surface area (Å²) in [6.07, 6.45) is 0.738. The number of carbonyl (C=O) groups excluding carboxylic acids is 1. The Bertz CT molecular complexity index is 167. The van der Waals surface area contributed by atoms with Gasteiger partial charge in [0.2, 0.25) is 0 Å². The van der Waals surface area contributed by atoms with Crippen molar-refractivity contribution >= 4 is 5.78 Å². The van der Waals surface area contributed by atoms with E-state index in [0.717, 1.165) is 0 Å². The lowest BCUT2D eigenvalue weighted by atomic mass is 9.73. The second-order valence-electron chi connectivity index (χ2n) is 3.58. The second kappa shape index (κ2) is 2.91. The van der Waals surface area contributed by atoms with Gasteiger partial charge in [0, 0.05) is 18.3 Å². The predicted molar refractivity (Wildman–Crippen MR) is 40.1 cm³/mol. The third kappa shape index (κ3) is 1.60. The number of Topliss-reactive ketones (excluding diaryl/α,β-unsaturated/α-hetero) is 1. The van der Waals surface area contributed by atoms with Gasteiger partial charge in [-0.15, -0.1) is 0 Å². The molecule has 1 fully saturated rings. The Morgan fingerprint density at radius 3 is 2.82 bits per heavy atom. The zero-order valence-electron chi connectivity index (χ0n) is 6.71. The maximum Gasteiger partial charge on any atom is 0.133 e. The average Bonchev–Trinajstić information content (AvgIpc) is 1.98. The van der Waals surface area contributed by atoms with Crippen molar-refractivity contribution in [1.29, 1.82) is 0 Å². The standard InChI is InChI=1S/C8H14O3/c1-8(5-9)4-6(10)2-3-7(8)11/h7,9,11H,2-5H2,1H3/t7?,8-/m0/s1. The van der Waals surface area contributed by atoms with Gasteiger partial charge >= 0.3 is 0 Å². The van der Waals surface area contributed by atoms with Crippen LogP contribution >= 0.6 is 0 Å². The molecule has 1 rings (SSSR count). The van der Waals surface area contributed by atoms with Crippen LogP contribution < -0.4 is 0 Å². The van der Waals surface area contributed by atoms with Gasteiger partial charge in [-0.2, -0.15) is 0 Å². The molecule has 1 aliphatic carbocycles.